The van der Waals surface area contributed by atoms with Crippen LogP contribution in [0.5, 0.6) is 0 Å². The number of benzene rings is 1. The van der Waals surface area contributed by atoms with E-state index < -0.39 is 0 Å². The van der Waals surface area contributed by atoms with Gasteiger partial charge in [0.05, 0.1) is 5.69 Å². The maximum Gasteiger partial charge on any atom is 0.0532 e. The van der Waals surface area contributed by atoms with E-state index in [-0.39, 0.29) is 0 Å². The summed E-state index contributed by atoms with van der Waals surface area (Å²) in [6.07, 6.45) is 7.77. The Bertz CT molecular complexity index is 571. The van der Waals surface area contributed by atoms with Gasteiger partial charge in [-0.3, -0.25) is 4.98 Å². The Morgan fingerprint density at radius 3 is 2.52 bits per heavy atom. The van der Waals surface area contributed by atoms with E-state index in [2.05, 4.69) is 52.5 Å². The number of piperidine rings is 1. The van der Waals surface area contributed by atoms with Crippen LogP contribution in [0.3, 0.4) is 0 Å². The van der Waals surface area contributed by atoms with Crippen molar-refractivity contribution in [3.63, 3.8) is 0 Å². The molecule has 1 fully saturated rings. The van der Waals surface area contributed by atoms with Crippen LogP contribution in [0.2, 0.25) is 0 Å². The van der Waals surface area contributed by atoms with Gasteiger partial charge in [-0.1, -0.05) is 12.1 Å². The number of nitrogens with zero attached hydrogens (tertiary/aromatic N) is 2. The lowest BCUT2D eigenvalue weighted by atomic mass is 10.1. The Morgan fingerprint density at radius 2 is 1.81 bits per heavy atom. The summed E-state index contributed by atoms with van der Waals surface area (Å²) >= 11 is 0. The fraction of sp³-hybridized carbons (Fsp3) is 0.389. The summed E-state index contributed by atoms with van der Waals surface area (Å²) in [5.41, 5.74) is 4.92. The summed E-state index contributed by atoms with van der Waals surface area (Å²) in [4.78, 5) is 6.69. The lowest BCUT2D eigenvalue weighted by Crippen LogP contribution is -2.29. The Labute approximate surface area is 127 Å². The van der Waals surface area contributed by atoms with Gasteiger partial charge in [-0.2, -0.15) is 0 Å². The minimum atomic E-state index is 0.839. The van der Waals surface area contributed by atoms with Gasteiger partial charge in [0.2, 0.25) is 0 Å². The van der Waals surface area contributed by atoms with E-state index in [1.807, 2.05) is 12.4 Å². The van der Waals surface area contributed by atoms with Gasteiger partial charge in [-0.25, -0.2) is 0 Å². The highest BCUT2D eigenvalue weighted by Crippen LogP contribution is 2.20. The van der Waals surface area contributed by atoms with Crippen molar-refractivity contribution in [1.82, 2.24) is 4.98 Å². The van der Waals surface area contributed by atoms with E-state index >= 15 is 0 Å². The number of anilines is 2. The maximum atomic E-state index is 4.20. The highest BCUT2D eigenvalue weighted by molar-refractivity contribution is 5.49. The first-order valence-corrected chi connectivity index (χ1v) is 7.81. The summed E-state index contributed by atoms with van der Waals surface area (Å²) in [5, 5.41) is 3.42. The third kappa shape index (κ3) is 3.75. The Kier molecular flexibility index (Phi) is 4.39. The molecular formula is C18H23N3. The molecule has 2 heterocycles. The molecule has 0 unspecified atom stereocenters. The van der Waals surface area contributed by atoms with Crippen LogP contribution in [0, 0.1) is 6.92 Å². The van der Waals surface area contributed by atoms with E-state index in [9.17, 15) is 0 Å². The first-order valence-electron chi connectivity index (χ1n) is 7.81. The number of rotatable bonds is 4. The van der Waals surface area contributed by atoms with Crippen LogP contribution in [0.15, 0.2) is 42.7 Å². The smallest absolute Gasteiger partial charge is 0.0532 e. The van der Waals surface area contributed by atoms with E-state index in [0.717, 1.165) is 12.2 Å². The SMILES string of the molecule is Cc1cncc(NCc2ccc(N3CCCCC3)cc2)c1. The molecule has 1 aliphatic rings. The van der Waals surface area contributed by atoms with Gasteiger partial charge in [0.15, 0.2) is 0 Å². The second-order valence-corrected chi connectivity index (χ2v) is 5.82. The molecule has 1 aliphatic heterocycles. The van der Waals surface area contributed by atoms with E-state index in [0.29, 0.717) is 0 Å². The summed E-state index contributed by atoms with van der Waals surface area (Å²) < 4.78 is 0. The van der Waals surface area contributed by atoms with Crippen molar-refractivity contribution in [2.24, 2.45) is 0 Å². The lowest BCUT2D eigenvalue weighted by molar-refractivity contribution is 0.578. The zero-order valence-electron chi connectivity index (χ0n) is 12.7. The normalized spacial score (nSPS) is 15.0. The summed E-state index contributed by atoms with van der Waals surface area (Å²) in [6, 6.07) is 11.1. The quantitative estimate of drug-likeness (QED) is 0.918. The topological polar surface area (TPSA) is 28.2 Å². The summed E-state index contributed by atoms with van der Waals surface area (Å²) in [5.74, 6) is 0. The fourth-order valence-electron chi connectivity index (χ4n) is 2.83. The molecule has 2 aromatic rings. The Hall–Kier alpha value is -2.03. The molecule has 3 nitrogen and oxygen atoms in total. The van der Waals surface area contributed by atoms with Crippen molar-refractivity contribution in [3.8, 4) is 0 Å². The maximum absolute atomic E-state index is 4.20. The molecule has 0 amide bonds. The predicted molar refractivity (Wildman–Crippen MR) is 88.8 cm³/mol. The number of nitrogens with one attached hydrogen (secondary N) is 1. The average molecular weight is 281 g/mol. The zero-order chi connectivity index (χ0) is 14.5. The van der Waals surface area contributed by atoms with Gasteiger partial charge < -0.3 is 10.2 Å². The molecule has 0 atom stereocenters. The molecule has 1 saturated heterocycles. The molecule has 0 saturated carbocycles. The van der Waals surface area contributed by atoms with Crippen LogP contribution in [0.1, 0.15) is 30.4 Å². The second kappa shape index (κ2) is 6.61. The van der Waals surface area contributed by atoms with Crippen LogP contribution in [-0.2, 0) is 6.54 Å². The standard InChI is InChI=1S/C18H23N3/c1-15-11-17(14-19-12-15)20-13-16-5-7-18(8-6-16)21-9-3-2-4-10-21/h5-8,11-12,14,20H,2-4,9-10,13H2,1H3. The van der Waals surface area contributed by atoms with Crippen molar-refractivity contribution in [2.75, 3.05) is 23.3 Å². The molecule has 0 aliphatic carbocycles. The minimum Gasteiger partial charge on any atom is -0.380 e. The van der Waals surface area contributed by atoms with Crippen molar-refractivity contribution < 1.29 is 0 Å². The monoisotopic (exact) mass is 281 g/mol. The van der Waals surface area contributed by atoms with Crippen LogP contribution in [-0.4, -0.2) is 18.1 Å². The summed E-state index contributed by atoms with van der Waals surface area (Å²) in [7, 11) is 0. The first kappa shape index (κ1) is 13.9. The van der Waals surface area contributed by atoms with Crippen molar-refractivity contribution in [1.29, 1.82) is 0 Å². The first-order chi connectivity index (χ1) is 10.3. The molecule has 110 valence electrons. The van der Waals surface area contributed by atoms with Crippen LogP contribution >= 0.6 is 0 Å². The number of pyridine rings is 1. The van der Waals surface area contributed by atoms with E-state index in [1.165, 1.54) is 49.2 Å². The van der Waals surface area contributed by atoms with Gasteiger partial charge in [-0.05, 0) is 55.5 Å². The molecule has 0 radical (unpaired) electrons. The number of aromatic nitrogens is 1. The van der Waals surface area contributed by atoms with Crippen LogP contribution < -0.4 is 10.2 Å². The molecular weight excluding hydrogens is 258 g/mol. The second-order valence-electron chi connectivity index (χ2n) is 5.82. The number of hydrogen-bond acceptors (Lipinski definition) is 3. The van der Waals surface area contributed by atoms with Gasteiger partial charge in [-0.15, -0.1) is 0 Å². The van der Waals surface area contributed by atoms with Crippen molar-refractivity contribution in [2.45, 2.75) is 32.7 Å². The Morgan fingerprint density at radius 1 is 1.05 bits per heavy atom. The number of aryl methyl sites for hydroxylation is 1. The van der Waals surface area contributed by atoms with Gasteiger partial charge >= 0.3 is 0 Å². The molecule has 0 bridgehead atoms. The molecule has 1 aromatic heterocycles. The minimum absolute atomic E-state index is 0.839. The molecule has 0 spiro atoms. The average Bonchev–Trinajstić information content (AvgIpc) is 2.54. The van der Waals surface area contributed by atoms with E-state index in [1.54, 1.807) is 0 Å². The third-order valence-electron chi connectivity index (χ3n) is 4.03. The predicted octanol–water partition coefficient (Wildman–Crippen LogP) is 3.99. The molecule has 1 N–H and O–H groups in total. The Balaban J connectivity index is 1.59. The van der Waals surface area contributed by atoms with E-state index in [4.69, 9.17) is 0 Å². The largest absolute Gasteiger partial charge is 0.380 e. The highest BCUT2D eigenvalue weighted by atomic mass is 15.1. The molecule has 3 rings (SSSR count). The van der Waals surface area contributed by atoms with Gasteiger partial charge in [0, 0.05) is 37.7 Å². The lowest BCUT2D eigenvalue weighted by Gasteiger charge is -2.28. The zero-order valence-corrected chi connectivity index (χ0v) is 12.7. The number of hydrogen-bond donors (Lipinski definition) is 1. The molecule has 3 heteroatoms. The van der Waals surface area contributed by atoms with Gasteiger partial charge in [0.25, 0.3) is 0 Å². The highest BCUT2D eigenvalue weighted by Gasteiger charge is 2.10. The fourth-order valence-corrected chi connectivity index (χ4v) is 2.83. The van der Waals surface area contributed by atoms with Gasteiger partial charge in [0.1, 0.15) is 0 Å². The third-order valence-corrected chi connectivity index (χ3v) is 4.03. The van der Waals surface area contributed by atoms with Crippen LogP contribution in [0.4, 0.5) is 11.4 Å². The van der Waals surface area contributed by atoms with Crippen LogP contribution in [0.25, 0.3) is 0 Å². The molecule has 21 heavy (non-hydrogen) atoms. The van der Waals surface area contributed by atoms with Crippen molar-refractivity contribution >= 4 is 11.4 Å². The van der Waals surface area contributed by atoms with Crippen molar-refractivity contribution in [3.05, 3.63) is 53.9 Å². The summed E-state index contributed by atoms with van der Waals surface area (Å²) in [6.45, 7) is 5.30. The molecule has 1 aromatic carbocycles.